The first-order chi connectivity index (χ1) is 9.70. The lowest BCUT2D eigenvalue weighted by Gasteiger charge is -2.25. The molecule has 2 N–H and O–H groups in total. The number of hydrogen-bond donors (Lipinski definition) is 2. The number of rotatable bonds is 4. The molecule has 1 aromatic rings. The lowest BCUT2D eigenvalue weighted by atomic mass is 9.93. The maximum absolute atomic E-state index is 5.69. The summed E-state index contributed by atoms with van der Waals surface area (Å²) in [6.45, 7) is 8.78. The summed E-state index contributed by atoms with van der Waals surface area (Å²) in [4.78, 5) is 4.72. The van der Waals surface area contributed by atoms with Gasteiger partial charge in [0.25, 0.3) is 0 Å². The molecule has 0 amide bonds. The highest BCUT2D eigenvalue weighted by molar-refractivity contribution is 5.80. The van der Waals surface area contributed by atoms with Gasteiger partial charge >= 0.3 is 0 Å². The van der Waals surface area contributed by atoms with E-state index in [9.17, 15) is 0 Å². The van der Waals surface area contributed by atoms with Crippen molar-refractivity contribution in [2.45, 2.75) is 39.2 Å². The minimum absolute atomic E-state index is 0.384. The Kier molecular flexibility index (Phi) is 5.27. The van der Waals surface area contributed by atoms with Crippen molar-refractivity contribution in [2.24, 2.45) is 4.99 Å². The number of nitrogens with zero attached hydrogens (tertiary/aromatic N) is 1. The number of benzene rings is 1. The monoisotopic (exact) mass is 275 g/mol. The molecule has 4 heteroatoms. The highest BCUT2D eigenvalue weighted by Gasteiger charge is 2.20. The van der Waals surface area contributed by atoms with Gasteiger partial charge in [-0.25, -0.2) is 0 Å². The number of nitrogens with one attached hydrogen (secondary N) is 2. The van der Waals surface area contributed by atoms with E-state index in [-0.39, 0.29) is 0 Å². The molecule has 1 aromatic carbocycles. The molecule has 110 valence electrons. The van der Waals surface area contributed by atoms with Gasteiger partial charge in [-0.05, 0) is 38.8 Å². The van der Waals surface area contributed by atoms with Gasteiger partial charge in [0.15, 0.2) is 5.96 Å². The average molecular weight is 275 g/mol. The van der Waals surface area contributed by atoms with E-state index < -0.39 is 0 Å². The third kappa shape index (κ3) is 3.89. The number of hydrogen-bond acceptors (Lipinski definition) is 2. The van der Waals surface area contributed by atoms with Crippen molar-refractivity contribution >= 4 is 5.96 Å². The second kappa shape index (κ2) is 7.17. The Bertz CT molecular complexity index is 457. The third-order valence-electron chi connectivity index (χ3n) is 3.32. The molecule has 0 fully saturated rings. The zero-order chi connectivity index (χ0) is 14.4. The molecular weight excluding hydrogens is 250 g/mol. The van der Waals surface area contributed by atoms with Crippen molar-refractivity contribution in [1.29, 1.82) is 0 Å². The molecule has 1 aliphatic heterocycles. The van der Waals surface area contributed by atoms with Crippen LogP contribution in [-0.2, 0) is 0 Å². The first-order valence-electron chi connectivity index (χ1n) is 7.47. The van der Waals surface area contributed by atoms with Crippen molar-refractivity contribution in [2.75, 3.05) is 19.7 Å². The van der Waals surface area contributed by atoms with Crippen LogP contribution in [0.5, 0.6) is 5.75 Å². The Morgan fingerprint density at radius 3 is 2.95 bits per heavy atom. The van der Waals surface area contributed by atoms with Crippen LogP contribution in [0.15, 0.2) is 29.3 Å². The van der Waals surface area contributed by atoms with Gasteiger partial charge in [-0.2, -0.15) is 0 Å². The molecular formula is C16H25N3O. The molecule has 0 spiro atoms. The van der Waals surface area contributed by atoms with Gasteiger partial charge in [0.1, 0.15) is 5.75 Å². The van der Waals surface area contributed by atoms with E-state index in [0.29, 0.717) is 12.0 Å². The van der Waals surface area contributed by atoms with Crippen LogP contribution in [0.25, 0.3) is 0 Å². The van der Waals surface area contributed by atoms with Crippen LogP contribution < -0.4 is 15.4 Å². The van der Waals surface area contributed by atoms with Crippen LogP contribution >= 0.6 is 0 Å². The summed E-state index contributed by atoms with van der Waals surface area (Å²) in [6, 6.07) is 8.67. The summed E-state index contributed by atoms with van der Waals surface area (Å²) >= 11 is 0. The Morgan fingerprint density at radius 1 is 1.40 bits per heavy atom. The highest BCUT2D eigenvalue weighted by atomic mass is 16.5. The second-order valence-corrected chi connectivity index (χ2v) is 5.39. The quantitative estimate of drug-likeness (QED) is 0.655. The molecule has 4 nitrogen and oxygen atoms in total. The van der Waals surface area contributed by atoms with Crippen molar-refractivity contribution in [3.8, 4) is 5.75 Å². The van der Waals surface area contributed by atoms with E-state index >= 15 is 0 Å². The Labute approximate surface area is 121 Å². The van der Waals surface area contributed by atoms with E-state index in [1.54, 1.807) is 0 Å². The van der Waals surface area contributed by atoms with Crippen LogP contribution in [-0.4, -0.2) is 31.7 Å². The lowest BCUT2D eigenvalue weighted by molar-refractivity contribution is 0.269. The fourth-order valence-electron chi connectivity index (χ4n) is 2.40. The maximum atomic E-state index is 5.69. The third-order valence-corrected chi connectivity index (χ3v) is 3.32. The smallest absolute Gasteiger partial charge is 0.191 e. The van der Waals surface area contributed by atoms with Crippen LogP contribution in [0.4, 0.5) is 0 Å². The Balaban J connectivity index is 2.06. The molecule has 0 saturated carbocycles. The summed E-state index contributed by atoms with van der Waals surface area (Å²) in [5, 5.41) is 6.64. The standard InChI is InChI=1S/C16H25N3O/c1-4-17-16(19-12(2)3)18-11-13-9-10-20-15-8-6-5-7-14(13)15/h5-8,12-13H,4,9-11H2,1-3H3,(H2,17,18,19). The zero-order valence-corrected chi connectivity index (χ0v) is 12.6. The average Bonchev–Trinajstić information content (AvgIpc) is 2.44. The van der Waals surface area contributed by atoms with Gasteiger partial charge < -0.3 is 15.4 Å². The number of ether oxygens (including phenoxy) is 1. The molecule has 0 bridgehead atoms. The largest absolute Gasteiger partial charge is 0.493 e. The highest BCUT2D eigenvalue weighted by Crippen LogP contribution is 2.33. The molecule has 1 aliphatic rings. The lowest BCUT2D eigenvalue weighted by Crippen LogP contribution is -2.41. The molecule has 0 aliphatic carbocycles. The minimum atomic E-state index is 0.384. The minimum Gasteiger partial charge on any atom is -0.493 e. The Hall–Kier alpha value is -1.71. The molecule has 0 saturated heterocycles. The summed E-state index contributed by atoms with van der Waals surface area (Å²) in [6.07, 6.45) is 1.03. The molecule has 1 heterocycles. The van der Waals surface area contributed by atoms with Gasteiger partial charge in [0.05, 0.1) is 6.61 Å². The summed E-state index contributed by atoms with van der Waals surface area (Å²) < 4.78 is 5.69. The topological polar surface area (TPSA) is 45.7 Å². The van der Waals surface area contributed by atoms with Crippen LogP contribution in [0, 0.1) is 0 Å². The van der Waals surface area contributed by atoms with Gasteiger partial charge in [0.2, 0.25) is 0 Å². The van der Waals surface area contributed by atoms with E-state index in [4.69, 9.17) is 9.73 Å². The molecule has 2 rings (SSSR count). The van der Waals surface area contributed by atoms with Gasteiger partial charge in [-0.15, -0.1) is 0 Å². The maximum Gasteiger partial charge on any atom is 0.191 e. The molecule has 1 atom stereocenters. The predicted octanol–water partition coefficient (Wildman–Crippen LogP) is 2.52. The predicted molar refractivity (Wildman–Crippen MR) is 83.5 cm³/mol. The van der Waals surface area contributed by atoms with E-state index in [1.165, 1.54) is 5.56 Å². The van der Waals surface area contributed by atoms with Crippen LogP contribution in [0.2, 0.25) is 0 Å². The zero-order valence-electron chi connectivity index (χ0n) is 12.6. The van der Waals surface area contributed by atoms with Gasteiger partial charge in [-0.3, -0.25) is 4.99 Å². The first-order valence-corrected chi connectivity index (χ1v) is 7.47. The van der Waals surface area contributed by atoms with Crippen molar-refractivity contribution < 1.29 is 4.74 Å². The fourth-order valence-corrected chi connectivity index (χ4v) is 2.40. The number of guanidine groups is 1. The van der Waals surface area contributed by atoms with Crippen molar-refractivity contribution in [3.05, 3.63) is 29.8 Å². The Morgan fingerprint density at radius 2 is 2.20 bits per heavy atom. The van der Waals surface area contributed by atoms with E-state index in [2.05, 4.69) is 43.5 Å². The SMILES string of the molecule is CCNC(=NCC1CCOc2ccccc21)NC(C)C. The van der Waals surface area contributed by atoms with Gasteiger partial charge in [0, 0.05) is 25.0 Å². The van der Waals surface area contributed by atoms with Crippen LogP contribution in [0.3, 0.4) is 0 Å². The molecule has 0 aromatic heterocycles. The summed E-state index contributed by atoms with van der Waals surface area (Å²) in [5.74, 6) is 2.36. The van der Waals surface area contributed by atoms with E-state index in [0.717, 1.165) is 37.8 Å². The summed E-state index contributed by atoms with van der Waals surface area (Å²) in [7, 11) is 0. The van der Waals surface area contributed by atoms with Crippen molar-refractivity contribution in [3.63, 3.8) is 0 Å². The second-order valence-electron chi connectivity index (χ2n) is 5.39. The summed E-state index contributed by atoms with van der Waals surface area (Å²) in [5.41, 5.74) is 1.28. The normalized spacial score (nSPS) is 18.4. The van der Waals surface area contributed by atoms with E-state index in [1.807, 2.05) is 12.1 Å². The van der Waals surface area contributed by atoms with Gasteiger partial charge in [-0.1, -0.05) is 18.2 Å². The number of aliphatic imine (C=N–C) groups is 1. The molecule has 1 unspecified atom stereocenters. The fraction of sp³-hybridized carbons (Fsp3) is 0.562. The molecule has 0 radical (unpaired) electrons. The first kappa shape index (κ1) is 14.7. The van der Waals surface area contributed by atoms with Crippen LogP contribution in [0.1, 0.15) is 38.7 Å². The number of para-hydroxylation sites is 1. The van der Waals surface area contributed by atoms with Crippen molar-refractivity contribution in [1.82, 2.24) is 10.6 Å². The molecule has 20 heavy (non-hydrogen) atoms. The number of fused-ring (bicyclic) bond motifs is 1.